The summed E-state index contributed by atoms with van der Waals surface area (Å²) in [4.78, 5) is 26.2. The highest BCUT2D eigenvalue weighted by Gasteiger charge is 2.59. The van der Waals surface area contributed by atoms with Gasteiger partial charge in [-0.3, -0.25) is 14.5 Å². The average molecular weight is 466 g/mol. The normalized spacial score (nSPS) is 19.9. The van der Waals surface area contributed by atoms with Gasteiger partial charge in [0.1, 0.15) is 0 Å². The van der Waals surface area contributed by atoms with Gasteiger partial charge in [0, 0.05) is 31.7 Å². The van der Waals surface area contributed by atoms with Crippen LogP contribution in [0, 0.1) is 5.41 Å². The first kappa shape index (κ1) is 25.3. The third kappa shape index (κ3) is 6.82. The monoisotopic (exact) mass is 465 g/mol. The molecule has 0 unspecified atom stereocenters. The summed E-state index contributed by atoms with van der Waals surface area (Å²) in [6, 6.07) is 9.83. The molecule has 0 bridgehead atoms. The number of benzene rings is 1. The molecule has 1 heterocycles. The molecule has 1 aliphatic heterocycles. The van der Waals surface area contributed by atoms with Crippen LogP contribution >= 0.6 is 0 Å². The van der Waals surface area contributed by atoms with Gasteiger partial charge in [0.05, 0.1) is 6.54 Å². The number of hydrogen-bond donors (Lipinski definition) is 1. The number of carbonyl (C=O) groups is 2. The Bertz CT molecular complexity index is 823. The number of hydrogen-bond acceptors (Lipinski definition) is 3. The summed E-state index contributed by atoms with van der Waals surface area (Å²) in [5, 5.41) is 2.73. The first-order valence-electron chi connectivity index (χ1n) is 11.8. The Morgan fingerprint density at radius 3 is 2.27 bits per heavy atom. The Kier molecular flexibility index (Phi) is 8.21. The van der Waals surface area contributed by atoms with Gasteiger partial charge in [-0.05, 0) is 50.0 Å². The molecule has 0 aromatic heterocycles. The molecule has 0 radical (unpaired) electrons. The molecule has 0 atom stereocenters. The Hall–Kier alpha value is -2.35. The Labute approximate surface area is 194 Å². The van der Waals surface area contributed by atoms with Gasteiger partial charge in [0.15, 0.2) is 0 Å². The second-order valence-corrected chi connectivity index (χ2v) is 9.32. The minimum absolute atomic E-state index is 0.0101. The van der Waals surface area contributed by atoms with E-state index in [1.54, 1.807) is 0 Å². The lowest BCUT2D eigenvalue weighted by Crippen LogP contribution is -2.68. The average Bonchev–Trinajstić information content (AvgIpc) is 3.54. The topological polar surface area (TPSA) is 52.7 Å². The molecule has 1 N–H and O–H groups in total. The highest BCUT2D eigenvalue weighted by molar-refractivity contribution is 5.83. The summed E-state index contributed by atoms with van der Waals surface area (Å²) in [5.41, 5.74) is 1.29. The van der Waals surface area contributed by atoms with Crippen LogP contribution in [0.1, 0.15) is 51.5 Å². The van der Waals surface area contributed by atoms with Crippen LogP contribution in [0.15, 0.2) is 36.4 Å². The van der Waals surface area contributed by atoms with Crippen LogP contribution in [-0.2, 0) is 9.59 Å². The predicted molar refractivity (Wildman–Crippen MR) is 122 cm³/mol. The molecule has 2 amide bonds. The Balaban J connectivity index is 0.000000257. The third-order valence-corrected chi connectivity index (χ3v) is 6.35. The van der Waals surface area contributed by atoms with Gasteiger partial charge in [-0.15, -0.1) is 0 Å². The maximum atomic E-state index is 12.7. The number of rotatable bonds is 7. The van der Waals surface area contributed by atoms with Gasteiger partial charge >= 0.3 is 12.1 Å². The fourth-order valence-corrected chi connectivity index (χ4v) is 4.81. The van der Waals surface area contributed by atoms with Crippen molar-refractivity contribution in [2.75, 3.05) is 26.2 Å². The third-order valence-electron chi connectivity index (χ3n) is 6.35. The second-order valence-electron chi connectivity index (χ2n) is 9.32. The fraction of sp³-hybridized carbons (Fsp3) is 0.600. The number of likely N-dealkylation sites (N-methyl/N-ethyl adjacent to an activating group) is 1. The number of halogens is 3. The summed E-state index contributed by atoms with van der Waals surface area (Å²) in [6.07, 6.45) is 3.22. The zero-order valence-corrected chi connectivity index (χ0v) is 19.4. The van der Waals surface area contributed by atoms with Gasteiger partial charge < -0.3 is 10.2 Å². The summed E-state index contributed by atoms with van der Waals surface area (Å²) in [5.74, 6) is -1.71. The van der Waals surface area contributed by atoms with Crippen LogP contribution in [0.4, 0.5) is 13.2 Å². The predicted octanol–water partition coefficient (Wildman–Crippen LogP) is 4.25. The highest BCUT2D eigenvalue weighted by atomic mass is 19.4. The zero-order valence-electron chi connectivity index (χ0n) is 19.4. The number of allylic oxidation sites excluding steroid dienone is 1. The highest BCUT2D eigenvalue weighted by Crippen LogP contribution is 2.52. The van der Waals surface area contributed by atoms with Crippen molar-refractivity contribution in [2.45, 2.75) is 64.2 Å². The van der Waals surface area contributed by atoms with Crippen LogP contribution in [0.25, 0.3) is 6.08 Å². The standard InChI is InChI=1S/C15H22F3N3O2.C10H12/c1-2-19-12(22)7-20-8-14(9-20)5-11(6-14)21(10-3-4-10)13(23)15(16,17)18;1-2-3-7-10-8-5-4-6-9-10/h10-11H,2-9H2,1H3,(H,19,22);3-9H,2H2,1H3/b;7-3-. The van der Waals surface area contributed by atoms with Crippen molar-refractivity contribution >= 4 is 17.9 Å². The maximum absolute atomic E-state index is 12.7. The van der Waals surface area contributed by atoms with Crippen molar-refractivity contribution in [1.82, 2.24) is 15.1 Å². The zero-order chi connectivity index (χ0) is 24.1. The molecule has 1 saturated heterocycles. The van der Waals surface area contributed by atoms with E-state index in [1.807, 2.05) is 17.9 Å². The van der Waals surface area contributed by atoms with Crippen molar-refractivity contribution in [1.29, 1.82) is 0 Å². The molecule has 8 heteroatoms. The molecule has 3 fully saturated rings. The minimum Gasteiger partial charge on any atom is -0.355 e. The lowest BCUT2D eigenvalue weighted by atomic mass is 9.60. The van der Waals surface area contributed by atoms with Crippen molar-refractivity contribution in [3.63, 3.8) is 0 Å². The maximum Gasteiger partial charge on any atom is 0.471 e. The number of carbonyl (C=O) groups excluding carboxylic acids is 2. The van der Waals surface area contributed by atoms with Gasteiger partial charge in [0.25, 0.3) is 0 Å². The number of likely N-dealkylation sites (tertiary alicyclic amines) is 1. The van der Waals surface area contributed by atoms with Crippen LogP contribution in [0.5, 0.6) is 0 Å². The van der Waals surface area contributed by atoms with Gasteiger partial charge in [-0.1, -0.05) is 49.4 Å². The molecule has 2 aliphatic carbocycles. The van der Waals surface area contributed by atoms with Crippen LogP contribution in [0.3, 0.4) is 0 Å². The first-order valence-corrected chi connectivity index (χ1v) is 11.8. The van der Waals surface area contributed by atoms with E-state index in [2.05, 4.69) is 48.7 Å². The molecular weight excluding hydrogens is 431 g/mol. The largest absolute Gasteiger partial charge is 0.471 e. The second kappa shape index (κ2) is 10.7. The van der Waals surface area contributed by atoms with E-state index >= 15 is 0 Å². The van der Waals surface area contributed by atoms with Crippen LogP contribution in [-0.4, -0.2) is 66.1 Å². The number of nitrogens with zero attached hydrogens (tertiary/aromatic N) is 2. The van der Waals surface area contributed by atoms with Crippen LogP contribution < -0.4 is 5.32 Å². The Morgan fingerprint density at radius 2 is 1.76 bits per heavy atom. The number of nitrogens with one attached hydrogen (secondary N) is 1. The van der Waals surface area contributed by atoms with Crippen molar-refractivity contribution in [2.24, 2.45) is 5.41 Å². The van der Waals surface area contributed by atoms with E-state index in [0.29, 0.717) is 38.8 Å². The van der Waals surface area contributed by atoms with Gasteiger partial charge in [-0.2, -0.15) is 13.2 Å². The first-order chi connectivity index (χ1) is 15.7. The molecule has 33 heavy (non-hydrogen) atoms. The molecule has 182 valence electrons. The SMILES string of the molecule is CC/C=C\c1ccccc1.CCNC(=O)CN1CC2(CC(N(C(=O)C(F)(F)F)C3CC3)C2)C1. The number of alkyl halides is 3. The Morgan fingerprint density at radius 1 is 1.12 bits per heavy atom. The molecule has 1 spiro atoms. The van der Waals surface area contributed by atoms with Crippen molar-refractivity contribution < 1.29 is 22.8 Å². The quantitative estimate of drug-likeness (QED) is 0.655. The van der Waals surface area contributed by atoms with E-state index in [1.165, 1.54) is 5.56 Å². The number of amides is 2. The van der Waals surface area contributed by atoms with E-state index in [9.17, 15) is 22.8 Å². The summed E-state index contributed by atoms with van der Waals surface area (Å²) in [6.45, 7) is 6.40. The lowest BCUT2D eigenvalue weighted by Gasteiger charge is -2.61. The van der Waals surface area contributed by atoms with E-state index in [0.717, 1.165) is 24.4 Å². The molecule has 1 aromatic rings. The summed E-state index contributed by atoms with van der Waals surface area (Å²) in [7, 11) is 0. The fourth-order valence-electron chi connectivity index (χ4n) is 4.81. The summed E-state index contributed by atoms with van der Waals surface area (Å²) < 4.78 is 38.2. The summed E-state index contributed by atoms with van der Waals surface area (Å²) >= 11 is 0. The molecule has 2 saturated carbocycles. The molecule has 4 rings (SSSR count). The van der Waals surface area contributed by atoms with Crippen molar-refractivity contribution in [3.8, 4) is 0 Å². The smallest absolute Gasteiger partial charge is 0.355 e. The van der Waals surface area contributed by atoms with Gasteiger partial charge in [-0.25, -0.2) is 0 Å². The molecule has 5 nitrogen and oxygen atoms in total. The van der Waals surface area contributed by atoms with Gasteiger partial charge in [0.2, 0.25) is 5.91 Å². The van der Waals surface area contributed by atoms with E-state index < -0.39 is 12.1 Å². The molecular formula is C25H34F3N3O2. The molecule has 3 aliphatic rings. The van der Waals surface area contributed by atoms with E-state index in [4.69, 9.17) is 0 Å². The lowest BCUT2D eigenvalue weighted by molar-refractivity contribution is -0.197. The van der Waals surface area contributed by atoms with Crippen molar-refractivity contribution in [3.05, 3.63) is 42.0 Å². The minimum atomic E-state index is -4.78. The molecule has 1 aromatic carbocycles. The van der Waals surface area contributed by atoms with Crippen LogP contribution in [0.2, 0.25) is 0 Å². The van der Waals surface area contributed by atoms with E-state index in [-0.39, 0.29) is 23.4 Å².